The number of carbonyl (C=O) groups is 1. The van der Waals surface area contributed by atoms with Crippen LogP contribution < -0.4 is 5.32 Å². The van der Waals surface area contributed by atoms with Crippen molar-refractivity contribution in [3.8, 4) is 0 Å². The minimum absolute atomic E-state index is 0.224. The quantitative estimate of drug-likeness (QED) is 0.790. The molecule has 0 aliphatic carbocycles. The topological polar surface area (TPSA) is 52.6 Å². The minimum Gasteiger partial charge on any atom is -0.393 e. The number of hydrogen-bond donors (Lipinski definition) is 2. The Balaban J connectivity index is 1.70. The summed E-state index contributed by atoms with van der Waals surface area (Å²) in [5.74, 6) is 1.23. The molecule has 0 saturated carbocycles. The number of carbonyl (C=O) groups excluding carboxylic acids is 1. The molecule has 4 nitrogen and oxygen atoms in total. The van der Waals surface area contributed by atoms with Crippen molar-refractivity contribution >= 4 is 5.91 Å². The van der Waals surface area contributed by atoms with Gasteiger partial charge in [-0.3, -0.25) is 4.79 Å². The van der Waals surface area contributed by atoms with E-state index in [1.165, 1.54) is 12.8 Å². The van der Waals surface area contributed by atoms with Crippen LogP contribution in [0.5, 0.6) is 0 Å². The second-order valence-electron chi connectivity index (χ2n) is 5.91. The molecular weight excluding hydrogens is 228 g/mol. The molecule has 2 aliphatic rings. The number of likely N-dealkylation sites (tertiary alicyclic amines) is 1. The number of aliphatic hydroxyl groups excluding tert-OH is 1. The van der Waals surface area contributed by atoms with Crippen molar-refractivity contribution in [1.82, 2.24) is 10.2 Å². The lowest BCUT2D eigenvalue weighted by molar-refractivity contribution is -0.135. The molecule has 2 atom stereocenters. The molecule has 1 amide bonds. The van der Waals surface area contributed by atoms with Gasteiger partial charge in [0.15, 0.2) is 0 Å². The predicted molar refractivity (Wildman–Crippen MR) is 71.2 cm³/mol. The van der Waals surface area contributed by atoms with Gasteiger partial charge in [0, 0.05) is 19.5 Å². The largest absolute Gasteiger partial charge is 0.393 e. The van der Waals surface area contributed by atoms with Crippen molar-refractivity contribution in [2.24, 2.45) is 11.8 Å². The van der Waals surface area contributed by atoms with Crippen LogP contribution in [0.2, 0.25) is 0 Å². The van der Waals surface area contributed by atoms with Gasteiger partial charge in [-0.1, -0.05) is 6.92 Å². The Kier molecular flexibility index (Phi) is 5.01. The number of nitrogens with one attached hydrogen (secondary N) is 1. The molecule has 2 N–H and O–H groups in total. The third-order valence-electron chi connectivity index (χ3n) is 4.44. The van der Waals surface area contributed by atoms with Gasteiger partial charge in [0.1, 0.15) is 0 Å². The van der Waals surface area contributed by atoms with Gasteiger partial charge in [0.25, 0.3) is 0 Å². The highest BCUT2D eigenvalue weighted by atomic mass is 16.3. The number of nitrogens with zero attached hydrogens (tertiary/aromatic N) is 1. The molecule has 0 radical (unpaired) electrons. The summed E-state index contributed by atoms with van der Waals surface area (Å²) in [5.41, 5.74) is 0. The predicted octanol–water partition coefficient (Wildman–Crippen LogP) is 0.995. The fourth-order valence-corrected chi connectivity index (χ4v) is 3.02. The monoisotopic (exact) mass is 254 g/mol. The van der Waals surface area contributed by atoms with E-state index in [1.54, 1.807) is 0 Å². The number of hydrogen-bond acceptors (Lipinski definition) is 3. The maximum Gasteiger partial charge on any atom is 0.222 e. The van der Waals surface area contributed by atoms with Crippen LogP contribution in [0.3, 0.4) is 0 Å². The molecule has 4 heteroatoms. The normalized spacial score (nSPS) is 30.4. The molecule has 18 heavy (non-hydrogen) atoms. The van der Waals surface area contributed by atoms with Gasteiger partial charge in [-0.15, -0.1) is 0 Å². The molecule has 0 aromatic heterocycles. The smallest absolute Gasteiger partial charge is 0.222 e. The van der Waals surface area contributed by atoms with E-state index >= 15 is 0 Å². The molecule has 2 aliphatic heterocycles. The van der Waals surface area contributed by atoms with Crippen LogP contribution in [0.15, 0.2) is 0 Å². The van der Waals surface area contributed by atoms with Crippen LogP contribution in [0.1, 0.15) is 39.0 Å². The average molecular weight is 254 g/mol. The third-order valence-corrected chi connectivity index (χ3v) is 4.44. The van der Waals surface area contributed by atoms with E-state index in [-0.39, 0.29) is 17.9 Å². The Morgan fingerprint density at radius 1 is 1.33 bits per heavy atom. The Morgan fingerprint density at radius 3 is 2.72 bits per heavy atom. The second kappa shape index (κ2) is 6.53. The summed E-state index contributed by atoms with van der Waals surface area (Å²) in [6, 6.07) is 0. The maximum atomic E-state index is 12.1. The maximum absolute atomic E-state index is 12.1. The highest BCUT2D eigenvalue weighted by molar-refractivity contribution is 5.76. The highest BCUT2D eigenvalue weighted by Gasteiger charge is 2.27. The van der Waals surface area contributed by atoms with Crippen LogP contribution in [-0.4, -0.2) is 48.2 Å². The van der Waals surface area contributed by atoms with Crippen molar-refractivity contribution in [2.75, 3.05) is 26.2 Å². The second-order valence-corrected chi connectivity index (χ2v) is 5.91. The average Bonchev–Trinajstić information content (AvgIpc) is 2.40. The zero-order valence-electron chi connectivity index (χ0n) is 11.4. The number of rotatable bonds is 3. The first-order valence-corrected chi connectivity index (χ1v) is 7.33. The lowest BCUT2D eigenvalue weighted by Crippen LogP contribution is -2.45. The van der Waals surface area contributed by atoms with Gasteiger partial charge in [-0.25, -0.2) is 0 Å². The molecule has 0 aromatic carbocycles. The van der Waals surface area contributed by atoms with Gasteiger partial charge < -0.3 is 15.3 Å². The number of piperidine rings is 2. The van der Waals surface area contributed by atoms with Crippen LogP contribution in [0, 0.1) is 11.8 Å². The molecule has 0 bridgehead atoms. The summed E-state index contributed by atoms with van der Waals surface area (Å²) in [6.07, 6.45) is 4.66. The Labute approximate surface area is 110 Å². The summed E-state index contributed by atoms with van der Waals surface area (Å²) < 4.78 is 0. The molecule has 2 heterocycles. The fraction of sp³-hybridized carbons (Fsp3) is 0.929. The number of aliphatic hydroxyl groups is 1. The van der Waals surface area contributed by atoms with E-state index < -0.39 is 0 Å². The van der Waals surface area contributed by atoms with Crippen molar-refractivity contribution in [3.05, 3.63) is 0 Å². The van der Waals surface area contributed by atoms with Gasteiger partial charge in [-0.05, 0) is 50.6 Å². The van der Waals surface area contributed by atoms with Crippen molar-refractivity contribution < 1.29 is 9.90 Å². The molecule has 2 unspecified atom stereocenters. The Hall–Kier alpha value is -0.610. The summed E-state index contributed by atoms with van der Waals surface area (Å²) >= 11 is 0. The zero-order valence-corrected chi connectivity index (χ0v) is 11.4. The Bertz CT molecular complexity index is 277. The molecular formula is C14H26N2O2. The molecule has 104 valence electrons. The SMILES string of the molecule is CC1CN(C(=O)CCC2CCNCC2)CCC1O. The third kappa shape index (κ3) is 3.69. The van der Waals surface area contributed by atoms with Crippen LogP contribution >= 0.6 is 0 Å². The molecule has 2 rings (SSSR count). The van der Waals surface area contributed by atoms with Crippen LogP contribution in [0.25, 0.3) is 0 Å². The lowest BCUT2D eigenvalue weighted by atomic mass is 9.92. The van der Waals surface area contributed by atoms with Gasteiger partial charge in [-0.2, -0.15) is 0 Å². The van der Waals surface area contributed by atoms with Gasteiger partial charge >= 0.3 is 0 Å². The lowest BCUT2D eigenvalue weighted by Gasteiger charge is -2.34. The van der Waals surface area contributed by atoms with Crippen LogP contribution in [0.4, 0.5) is 0 Å². The van der Waals surface area contributed by atoms with Crippen LogP contribution in [-0.2, 0) is 4.79 Å². The van der Waals surface area contributed by atoms with Gasteiger partial charge in [0.05, 0.1) is 6.10 Å². The molecule has 2 saturated heterocycles. The standard InChI is InChI=1S/C14H26N2O2/c1-11-10-16(9-6-13(11)17)14(18)3-2-12-4-7-15-8-5-12/h11-13,15,17H,2-10H2,1H3. The van der Waals surface area contributed by atoms with E-state index in [1.807, 2.05) is 11.8 Å². The summed E-state index contributed by atoms with van der Waals surface area (Å²) in [6.45, 7) is 5.69. The summed E-state index contributed by atoms with van der Waals surface area (Å²) in [4.78, 5) is 14.1. The van der Waals surface area contributed by atoms with Crippen molar-refractivity contribution in [1.29, 1.82) is 0 Å². The Morgan fingerprint density at radius 2 is 2.06 bits per heavy atom. The first-order valence-electron chi connectivity index (χ1n) is 7.33. The molecule has 0 aromatic rings. The highest BCUT2D eigenvalue weighted by Crippen LogP contribution is 2.21. The van der Waals surface area contributed by atoms with E-state index in [0.29, 0.717) is 6.42 Å². The first kappa shape index (κ1) is 13.8. The van der Waals surface area contributed by atoms with E-state index in [0.717, 1.165) is 44.9 Å². The minimum atomic E-state index is -0.224. The van der Waals surface area contributed by atoms with Crippen molar-refractivity contribution in [2.45, 2.75) is 45.1 Å². The summed E-state index contributed by atoms with van der Waals surface area (Å²) in [7, 11) is 0. The van der Waals surface area contributed by atoms with E-state index in [9.17, 15) is 9.90 Å². The zero-order chi connectivity index (χ0) is 13.0. The van der Waals surface area contributed by atoms with E-state index in [4.69, 9.17) is 0 Å². The first-order chi connectivity index (χ1) is 8.66. The van der Waals surface area contributed by atoms with Gasteiger partial charge in [0.2, 0.25) is 5.91 Å². The number of amides is 1. The summed E-state index contributed by atoms with van der Waals surface area (Å²) in [5, 5.41) is 13.0. The van der Waals surface area contributed by atoms with E-state index in [2.05, 4.69) is 5.32 Å². The fourth-order valence-electron chi connectivity index (χ4n) is 3.02. The molecule has 0 spiro atoms. The van der Waals surface area contributed by atoms with Crippen molar-refractivity contribution in [3.63, 3.8) is 0 Å². The molecule has 2 fully saturated rings.